The molecule has 1 fully saturated rings. The third kappa shape index (κ3) is 5.49. The summed E-state index contributed by atoms with van der Waals surface area (Å²) < 4.78 is 53.7. The zero-order chi connectivity index (χ0) is 29.7. The maximum Gasteiger partial charge on any atom is 0.280 e. The lowest BCUT2D eigenvalue weighted by molar-refractivity contribution is 0.0985. The Morgan fingerprint density at radius 1 is 1.02 bits per heavy atom. The lowest BCUT2D eigenvalue weighted by Crippen LogP contribution is -2.49. The van der Waals surface area contributed by atoms with Crippen LogP contribution in [-0.4, -0.2) is 88.0 Å². The van der Waals surface area contributed by atoms with Gasteiger partial charge in [-0.1, -0.05) is 0 Å². The Kier molecular flexibility index (Phi) is 7.49. The number of piperazine rings is 1. The van der Waals surface area contributed by atoms with E-state index in [4.69, 9.17) is 0 Å². The van der Waals surface area contributed by atoms with Crippen molar-refractivity contribution in [1.29, 1.82) is 5.26 Å². The number of benzene rings is 1. The fourth-order valence-corrected chi connectivity index (χ4v) is 7.98. The van der Waals surface area contributed by atoms with Crippen molar-refractivity contribution in [3.63, 3.8) is 0 Å². The Morgan fingerprint density at radius 3 is 2.39 bits per heavy atom. The summed E-state index contributed by atoms with van der Waals surface area (Å²) in [4.78, 5) is 30.0. The predicted molar refractivity (Wildman–Crippen MR) is 154 cm³/mol. The standard InChI is InChI=1S/C25H28N8O5S3/c1-16-13-19(15-26)29-25(27-16)31-9-11-32(12-10-31)41(37,38)20-5-6-21-18(14-20)7-8-33(21)23(34)22-24(39-17(2)28-22)30(3)40(4,35)36/h5-6,13-14H,7-12H2,1-4H3. The van der Waals surface area contributed by atoms with Crippen LogP contribution < -0.4 is 14.1 Å². The number of aromatic nitrogens is 3. The molecule has 0 spiro atoms. The number of fused-ring (bicyclic) bond motifs is 1. The molecule has 0 aliphatic carbocycles. The minimum Gasteiger partial charge on any atom is -0.338 e. The van der Waals surface area contributed by atoms with E-state index in [2.05, 4.69) is 15.0 Å². The Labute approximate surface area is 242 Å². The third-order valence-corrected chi connectivity index (χ3v) is 11.2. The molecule has 0 unspecified atom stereocenters. The third-order valence-electron chi connectivity index (χ3n) is 7.01. The summed E-state index contributed by atoms with van der Waals surface area (Å²) in [5.74, 6) is -0.0367. The maximum absolute atomic E-state index is 13.5. The van der Waals surface area contributed by atoms with Crippen molar-refractivity contribution in [2.75, 3.05) is 60.1 Å². The molecule has 41 heavy (non-hydrogen) atoms. The lowest BCUT2D eigenvalue weighted by Gasteiger charge is -2.34. The zero-order valence-corrected chi connectivity index (χ0v) is 25.3. The van der Waals surface area contributed by atoms with Gasteiger partial charge in [-0.2, -0.15) is 9.57 Å². The normalized spacial score (nSPS) is 16.0. The molecule has 0 atom stereocenters. The van der Waals surface area contributed by atoms with E-state index in [1.165, 1.54) is 22.3 Å². The zero-order valence-electron chi connectivity index (χ0n) is 22.9. The van der Waals surface area contributed by atoms with Crippen molar-refractivity contribution in [3.8, 4) is 6.07 Å². The molecule has 16 heteroatoms. The van der Waals surface area contributed by atoms with E-state index < -0.39 is 26.0 Å². The van der Waals surface area contributed by atoms with Gasteiger partial charge in [-0.05, 0) is 50.1 Å². The van der Waals surface area contributed by atoms with Gasteiger partial charge >= 0.3 is 0 Å². The van der Waals surface area contributed by atoms with Gasteiger partial charge in [0.2, 0.25) is 26.0 Å². The smallest absolute Gasteiger partial charge is 0.280 e. The van der Waals surface area contributed by atoms with Crippen LogP contribution in [0.4, 0.5) is 16.6 Å². The maximum atomic E-state index is 13.5. The van der Waals surface area contributed by atoms with Crippen LogP contribution in [-0.2, 0) is 26.5 Å². The van der Waals surface area contributed by atoms with E-state index in [0.29, 0.717) is 54.0 Å². The topological polar surface area (TPSA) is 161 Å². The van der Waals surface area contributed by atoms with Crippen LogP contribution in [0.25, 0.3) is 0 Å². The van der Waals surface area contributed by atoms with Crippen molar-refractivity contribution >= 4 is 53.9 Å². The van der Waals surface area contributed by atoms with Crippen LogP contribution in [0.1, 0.15) is 32.4 Å². The average molecular weight is 617 g/mol. The molecular weight excluding hydrogens is 589 g/mol. The van der Waals surface area contributed by atoms with Crippen LogP contribution in [0.2, 0.25) is 0 Å². The summed E-state index contributed by atoms with van der Waals surface area (Å²) in [6.45, 7) is 4.99. The summed E-state index contributed by atoms with van der Waals surface area (Å²) in [5, 5.41) is 9.99. The van der Waals surface area contributed by atoms with Gasteiger partial charge in [0.15, 0.2) is 5.69 Å². The van der Waals surface area contributed by atoms with Gasteiger partial charge in [0, 0.05) is 51.2 Å². The molecule has 4 heterocycles. The molecule has 5 rings (SSSR count). The van der Waals surface area contributed by atoms with Gasteiger partial charge in [0.25, 0.3) is 5.91 Å². The van der Waals surface area contributed by atoms with E-state index in [-0.39, 0.29) is 34.4 Å². The number of aryl methyl sites for hydroxylation is 2. The van der Waals surface area contributed by atoms with Crippen LogP contribution >= 0.6 is 11.3 Å². The highest BCUT2D eigenvalue weighted by Gasteiger charge is 2.34. The summed E-state index contributed by atoms with van der Waals surface area (Å²) in [6.07, 6.45) is 1.51. The first-order valence-electron chi connectivity index (χ1n) is 12.7. The lowest BCUT2D eigenvalue weighted by atomic mass is 10.2. The monoisotopic (exact) mass is 616 g/mol. The minimum absolute atomic E-state index is 0.0438. The van der Waals surface area contributed by atoms with E-state index in [9.17, 15) is 26.9 Å². The van der Waals surface area contributed by atoms with Gasteiger partial charge in [0.1, 0.15) is 16.8 Å². The van der Waals surface area contributed by atoms with Crippen molar-refractivity contribution in [2.24, 2.45) is 0 Å². The molecule has 0 N–H and O–H groups in total. The van der Waals surface area contributed by atoms with Crippen molar-refractivity contribution in [3.05, 3.63) is 51.9 Å². The Morgan fingerprint density at radius 2 is 1.73 bits per heavy atom. The van der Waals surface area contributed by atoms with Crippen LogP contribution in [0.15, 0.2) is 29.2 Å². The molecule has 1 amide bonds. The summed E-state index contributed by atoms with van der Waals surface area (Å²) in [5.41, 5.74) is 2.25. The van der Waals surface area contributed by atoms with Gasteiger partial charge in [-0.3, -0.25) is 9.10 Å². The number of hydrogen-bond donors (Lipinski definition) is 0. The van der Waals surface area contributed by atoms with Gasteiger partial charge in [-0.25, -0.2) is 31.8 Å². The van der Waals surface area contributed by atoms with Crippen LogP contribution in [0, 0.1) is 25.2 Å². The molecule has 3 aromatic rings. The predicted octanol–water partition coefficient (Wildman–Crippen LogP) is 1.53. The van der Waals surface area contributed by atoms with Crippen LogP contribution in [0.5, 0.6) is 0 Å². The van der Waals surface area contributed by atoms with Crippen molar-refractivity contribution in [1.82, 2.24) is 19.3 Å². The molecular formula is C25H28N8O5S3. The number of thiazole rings is 1. The number of sulfonamides is 2. The first-order valence-corrected chi connectivity index (χ1v) is 16.8. The van der Waals surface area contributed by atoms with E-state index in [1.807, 2.05) is 11.0 Å². The van der Waals surface area contributed by atoms with Gasteiger partial charge in [-0.15, -0.1) is 11.3 Å². The van der Waals surface area contributed by atoms with Crippen molar-refractivity contribution in [2.45, 2.75) is 25.2 Å². The molecule has 1 aromatic carbocycles. The molecule has 13 nitrogen and oxygen atoms in total. The number of anilines is 3. The molecule has 2 aliphatic heterocycles. The second-order valence-corrected chi connectivity index (χ2v) is 14.9. The van der Waals surface area contributed by atoms with Gasteiger partial charge < -0.3 is 9.80 Å². The number of carbonyl (C=O) groups is 1. The van der Waals surface area contributed by atoms with Gasteiger partial charge in [0.05, 0.1) is 16.2 Å². The van der Waals surface area contributed by atoms with Crippen LogP contribution in [0.3, 0.4) is 0 Å². The summed E-state index contributed by atoms with van der Waals surface area (Å²) in [6, 6.07) is 8.32. The average Bonchev–Trinajstić information content (AvgIpc) is 3.54. The second-order valence-electron chi connectivity index (χ2n) is 9.81. The Hall–Kier alpha value is -3.65. The first-order chi connectivity index (χ1) is 19.3. The molecule has 0 bridgehead atoms. The van der Waals surface area contributed by atoms with E-state index >= 15 is 0 Å². The fourth-order valence-electron chi connectivity index (χ4n) is 4.83. The largest absolute Gasteiger partial charge is 0.338 e. The molecule has 2 aromatic heterocycles. The summed E-state index contributed by atoms with van der Waals surface area (Å²) in [7, 11) is -6.03. The Balaban J connectivity index is 1.34. The number of rotatable bonds is 6. The number of carbonyl (C=O) groups excluding carboxylic acids is 1. The van der Waals surface area contributed by atoms with E-state index in [1.54, 1.807) is 32.0 Å². The minimum atomic E-state index is -3.81. The van der Waals surface area contributed by atoms with Crippen molar-refractivity contribution < 1.29 is 21.6 Å². The highest BCUT2D eigenvalue weighted by molar-refractivity contribution is 7.92. The highest BCUT2D eigenvalue weighted by Crippen LogP contribution is 2.36. The highest BCUT2D eigenvalue weighted by atomic mass is 32.2. The molecule has 216 valence electrons. The quantitative estimate of drug-likeness (QED) is 0.397. The number of nitrogens with zero attached hydrogens (tertiary/aromatic N) is 8. The molecule has 0 radical (unpaired) electrons. The first kappa shape index (κ1) is 28.9. The number of hydrogen-bond acceptors (Lipinski definition) is 11. The number of amides is 1. The second kappa shape index (κ2) is 10.6. The molecule has 2 aliphatic rings. The fraction of sp³-hybridized carbons (Fsp3) is 0.400. The SMILES string of the molecule is Cc1cc(C#N)nc(N2CCN(S(=O)(=O)c3ccc4c(c3)CCN4C(=O)c3nc(C)sc3N(C)S(C)(=O)=O)CC2)n1. The molecule has 1 saturated heterocycles. The number of nitriles is 1. The molecule has 0 saturated carbocycles. The van der Waals surface area contributed by atoms with E-state index in [0.717, 1.165) is 21.9 Å². The Bertz CT molecular complexity index is 1790. The summed E-state index contributed by atoms with van der Waals surface area (Å²) >= 11 is 1.12.